The molecule has 6 heteroatoms. The van der Waals surface area contributed by atoms with Crippen LogP contribution in [0.15, 0.2) is 16.5 Å². The molecule has 2 aliphatic rings. The highest BCUT2D eigenvalue weighted by Crippen LogP contribution is 2.22. The van der Waals surface area contributed by atoms with Crippen molar-refractivity contribution in [1.82, 2.24) is 10.2 Å². The third-order valence-corrected chi connectivity index (χ3v) is 4.04. The number of carbonyl (C=O) groups is 1. The molecule has 0 radical (unpaired) electrons. The summed E-state index contributed by atoms with van der Waals surface area (Å²) in [4.78, 5) is 13.7. The number of nitrogens with zero attached hydrogens (tertiary/aromatic N) is 1. The lowest BCUT2D eigenvalue weighted by molar-refractivity contribution is 0.0561. The molecule has 2 fully saturated rings. The molecule has 3 rings (SSSR count). The van der Waals surface area contributed by atoms with Gasteiger partial charge in [0.05, 0.1) is 13.7 Å². The molecule has 2 aliphatic heterocycles. The van der Waals surface area contributed by atoms with Gasteiger partial charge in [-0.25, -0.2) is 4.79 Å². The maximum Gasteiger partial charge on any atom is 0.373 e. The summed E-state index contributed by atoms with van der Waals surface area (Å²) < 4.78 is 10.2. The molecule has 0 aliphatic carbocycles. The van der Waals surface area contributed by atoms with Crippen LogP contribution in [-0.4, -0.2) is 43.2 Å². The van der Waals surface area contributed by atoms with Crippen LogP contribution in [0.1, 0.15) is 35.6 Å². The fourth-order valence-corrected chi connectivity index (χ4v) is 3.05. The van der Waals surface area contributed by atoms with E-state index in [-0.39, 0.29) is 18.2 Å². The van der Waals surface area contributed by atoms with Gasteiger partial charge in [-0.15, -0.1) is 12.4 Å². The molecule has 0 amide bonds. The minimum Gasteiger partial charge on any atom is -0.463 e. The maximum atomic E-state index is 11.3. The quantitative estimate of drug-likeness (QED) is 0.863. The summed E-state index contributed by atoms with van der Waals surface area (Å²) in [6.45, 7) is 2.91. The monoisotopic (exact) mass is 300 g/mol. The van der Waals surface area contributed by atoms with Gasteiger partial charge in [0.25, 0.3) is 0 Å². The summed E-state index contributed by atoms with van der Waals surface area (Å²) >= 11 is 0. The summed E-state index contributed by atoms with van der Waals surface area (Å²) in [6.07, 6.45) is 3.78. The largest absolute Gasteiger partial charge is 0.463 e. The van der Waals surface area contributed by atoms with E-state index >= 15 is 0 Å². The number of fused-ring (bicyclic) bond motifs is 2. The van der Waals surface area contributed by atoms with Crippen molar-refractivity contribution in [2.45, 2.75) is 37.9 Å². The SMILES string of the molecule is COC(=O)c1ccc(CN2CCC3CCC(C2)N3)o1.Cl. The third-order valence-electron chi connectivity index (χ3n) is 4.04. The Morgan fingerprint density at radius 1 is 1.40 bits per heavy atom. The molecule has 0 aromatic carbocycles. The lowest BCUT2D eigenvalue weighted by Gasteiger charge is -2.22. The molecule has 2 atom stereocenters. The minimum atomic E-state index is -0.414. The fraction of sp³-hybridized carbons (Fsp3) is 0.643. The van der Waals surface area contributed by atoms with Crippen LogP contribution >= 0.6 is 12.4 Å². The molecule has 2 unspecified atom stereocenters. The average Bonchev–Trinajstić information content (AvgIpc) is 2.98. The molecule has 20 heavy (non-hydrogen) atoms. The van der Waals surface area contributed by atoms with E-state index in [0.717, 1.165) is 25.4 Å². The molecule has 1 aromatic heterocycles. The molecular weight excluding hydrogens is 280 g/mol. The predicted molar refractivity (Wildman–Crippen MR) is 77.1 cm³/mol. The number of ether oxygens (including phenoxy) is 1. The van der Waals surface area contributed by atoms with Crippen LogP contribution in [0.3, 0.4) is 0 Å². The maximum absolute atomic E-state index is 11.3. The van der Waals surface area contributed by atoms with Crippen molar-refractivity contribution >= 4 is 18.4 Å². The minimum absolute atomic E-state index is 0. The number of hydrogen-bond donors (Lipinski definition) is 1. The lowest BCUT2D eigenvalue weighted by atomic mass is 10.1. The molecule has 0 saturated carbocycles. The van der Waals surface area contributed by atoms with Gasteiger partial charge >= 0.3 is 5.97 Å². The van der Waals surface area contributed by atoms with Crippen molar-refractivity contribution in [2.24, 2.45) is 0 Å². The van der Waals surface area contributed by atoms with Gasteiger partial charge < -0.3 is 14.5 Å². The molecule has 2 bridgehead atoms. The summed E-state index contributed by atoms with van der Waals surface area (Å²) in [7, 11) is 1.36. The second-order valence-electron chi connectivity index (χ2n) is 5.42. The van der Waals surface area contributed by atoms with E-state index in [1.165, 1.54) is 26.4 Å². The first kappa shape index (κ1) is 15.4. The molecule has 0 spiro atoms. The zero-order valence-electron chi connectivity index (χ0n) is 11.6. The number of carbonyl (C=O) groups excluding carboxylic acids is 1. The predicted octanol–water partition coefficient (Wildman–Crippen LogP) is 1.81. The number of rotatable bonds is 3. The summed E-state index contributed by atoms with van der Waals surface area (Å²) in [6, 6.07) is 4.85. The van der Waals surface area contributed by atoms with Crippen LogP contribution in [0.4, 0.5) is 0 Å². The van der Waals surface area contributed by atoms with Gasteiger partial charge in [-0.3, -0.25) is 4.90 Å². The van der Waals surface area contributed by atoms with Crippen molar-refractivity contribution in [2.75, 3.05) is 20.2 Å². The zero-order valence-corrected chi connectivity index (χ0v) is 12.4. The van der Waals surface area contributed by atoms with Crippen LogP contribution in [0.25, 0.3) is 0 Å². The first-order chi connectivity index (χ1) is 9.24. The highest BCUT2D eigenvalue weighted by molar-refractivity contribution is 5.86. The van der Waals surface area contributed by atoms with Crippen LogP contribution in [0, 0.1) is 0 Å². The normalized spacial score (nSPS) is 25.9. The summed E-state index contributed by atoms with van der Waals surface area (Å²) in [5.41, 5.74) is 0. The number of esters is 1. The van der Waals surface area contributed by atoms with E-state index < -0.39 is 5.97 Å². The Labute approximate surface area is 125 Å². The molecule has 112 valence electrons. The molecule has 1 aromatic rings. The van der Waals surface area contributed by atoms with E-state index in [9.17, 15) is 4.79 Å². The van der Waals surface area contributed by atoms with Crippen molar-refractivity contribution < 1.29 is 13.9 Å². The van der Waals surface area contributed by atoms with Crippen molar-refractivity contribution in [3.8, 4) is 0 Å². The highest BCUT2D eigenvalue weighted by atomic mass is 35.5. The Bertz CT molecular complexity index is 463. The van der Waals surface area contributed by atoms with Gasteiger partial charge in [-0.05, 0) is 31.4 Å². The smallest absolute Gasteiger partial charge is 0.373 e. The second-order valence-corrected chi connectivity index (χ2v) is 5.42. The Morgan fingerprint density at radius 3 is 3.00 bits per heavy atom. The Balaban J connectivity index is 0.00000147. The number of methoxy groups -OCH3 is 1. The van der Waals surface area contributed by atoms with Gasteiger partial charge in [0.15, 0.2) is 0 Å². The van der Waals surface area contributed by atoms with Gasteiger partial charge in [0.1, 0.15) is 5.76 Å². The van der Waals surface area contributed by atoms with Gasteiger partial charge in [0.2, 0.25) is 5.76 Å². The number of likely N-dealkylation sites (tertiary alicyclic amines) is 1. The first-order valence-corrected chi connectivity index (χ1v) is 6.90. The molecule has 5 nitrogen and oxygen atoms in total. The Hall–Kier alpha value is -1.04. The molecule has 3 heterocycles. The number of hydrogen-bond acceptors (Lipinski definition) is 5. The molecule has 2 saturated heterocycles. The first-order valence-electron chi connectivity index (χ1n) is 6.90. The van der Waals surface area contributed by atoms with Crippen molar-refractivity contribution in [1.29, 1.82) is 0 Å². The second kappa shape index (κ2) is 6.61. The standard InChI is InChI=1S/C14H20N2O3.ClH/c1-18-14(17)13-5-4-12(19-13)9-16-7-6-10-2-3-11(8-16)15-10;/h4-5,10-11,15H,2-3,6-9H2,1H3;1H. The number of nitrogens with one attached hydrogen (secondary N) is 1. The van der Waals surface area contributed by atoms with E-state index in [0.29, 0.717) is 12.1 Å². The van der Waals surface area contributed by atoms with Crippen molar-refractivity contribution in [3.63, 3.8) is 0 Å². The van der Waals surface area contributed by atoms with E-state index in [1.54, 1.807) is 6.07 Å². The van der Waals surface area contributed by atoms with Crippen LogP contribution < -0.4 is 5.32 Å². The van der Waals surface area contributed by atoms with Crippen LogP contribution in [0.2, 0.25) is 0 Å². The van der Waals surface area contributed by atoms with Gasteiger partial charge in [0, 0.05) is 25.2 Å². The highest BCUT2D eigenvalue weighted by Gasteiger charge is 2.29. The van der Waals surface area contributed by atoms with E-state index in [1.807, 2.05) is 6.07 Å². The third kappa shape index (κ3) is 3.34. The number of furan rings is 1. The van der Waals surface area contributed by atoms with Gasteiger partial charge in [-0.1, -0.05) is 0 Å². The Kier molecular flexibility index (Phi) is 5.07. The van der Waals surface area contributed by atoms with Crippen LogP contribution in [0.5, 0.6) is 0 Å². The topological polar surface area (TPSA) is 54.7 Å². The molecule has 1 N–H and O–H groups in total. The fourth-order valence-electron chi connectivity index (χ4n) is 3.05. The Morgan fingerprint density at radius 2 is 2.20 bits per heavy atom. The van der Waals surface area contributed by atoms with Gasteiger partial charge in [-0.2, -0.15) is 0 Å². The molecular formula is C14H21ClN2O3. The summed E-state index contributed by atoms with van der Waals surface area (Å²) in [5.74, 6) is 0.702. The lowest BCUT2D eigenvalue weighted by Crippen LogP contribution is -2.34. The van der Waals surface area contributed by atoms with Crippen LogP contribution in [-0.2, 0) is 11.3 Å². The van der Waals surface area contributed by atoms with Crippen molar-refractivity contribution in [3.05, 3.63) is 23.7 Å². The summed E-state index contributed by atoms with van der Waals surface area (Å²) in [5, 5.41) is 3.65. The number of halogens is 1. The van der Waals surface area contributed by atoms with E-state index in [2.05, 4.69) is 15.0 Å². The van der Waals surface area contributed by atoms with E-state index in [4.69, 9.17) is 4.42 Å². The zero-order chi connectivity index (χ0) is 13.2. The average molecular weight is 301 g/mol.